The lowest BCUT2D eigenvalue weighted by molar-refractivity contribution is -0.383. The van der Waals surface area contributed by atoms with Crippen LogP contribution >= 0.6 is 0 Å². The molecule has 0 aliphatic carbocycles. The number of anilines is 1. The maximum absolute atomic E-state index is 11.0. The minimum Gasteiger partial charge on any atom is -0.382 e. The average molecular weight is 289 g/mol. The number of hydrogen-bond donors (Lipinski definition) is 1. The van der Waals surface area contributed by atoms with Crippen LogP contribution in [0.2, 0.25) is 0 Å². The van der Waals surface area contributed by atoms with Crippen molar-refractivity contribution in [3.05, 3.63) is 40.7 Å². The van der Waals surface area contributed by atoms with E-state index < -0.39 is 0 Å². The first-order chi connectivity index (χ1) is 10.2. The molecular weight excluding hydrogens is 270 g/mol. The summed E-state index contributed by atoms with van der Waals surface area (Å²) in [6.45, 7) is 4.17. The third-order valence-corrected chi connectivity index (χ3v) is 3.20. The molecule has 2 aromatic rings. The Morgan fingerprint density at radius 3 is 2.90 bits per heavy atom. The summed E-state index contributed by atoms with van der Waals surface area (Å²) in [5.74, 6) is 0. The van der Waals surface area contributed by atoms with Crippen LogP contribution < -0.4 is 5.32 Å². The summed E-state index contributed by atoms with van der Waals surface area (Å²) >= 11 is 0. The molecule has 0 aliphatic rings. The largest absolute Gasteiger partial charge is 0.382 e. The Bertz CT molecular complexity index is 616. The molecule has 0 atom stereocenters. The van der Waals surface area contributed by atoms with Crippen LogP contribution in [0, 0.1) is 10.1 Å². The third-order valence-electron chi connectivity index (χ3n) is 3.20. The molecule has 21 heavy (non-hydrogen) atoms. The van der Waals surface area contributed by atoms with Gasteiger partial charge in [-0.1, -0.05) is 13.3 Å². The molecule has 0 saturated heterocycles. The highest BCUT2D eigenvalue weighted by Gasteiger charge is 2.13. The zero-order valence-electron chi connectivity index (χ0n) is 12.0. The molecule has 0 radical (unpaired) electrons. The first-order valence-electron chi connectivity index (χ1n) is 7.06. The van der Waals surface area contributed by atoms with Crippen LogP contribution in [0.3, 0.4) is 0 Å². The normalized spacial score (nSPS) is 10.7. The molecule has 1 aromatic carbocycles. The Morgan fingerprint density at radius 2 is 2.14 bits per heavy atom. The van der Waals surface area contributed by atoms with E-state index in [0.29, 0.717) is 18.5 Å². The van der Waals surface area contributed by atoms with Crippen molar-refractivity contribution < 1.29 is 9.66 Å². The Balaban J connectivity index is 2.07. The number of ether oxygens (including phenoxy) is 1. The van der Waals surface area contributed by atoms with Crippen molar-refractivity contribution in [2.24, 2.45) is 0 Å². The molecule has 0 fully saturated rings. The zero-order valence-corrected chi connectivity index (χ0v) is 12.0. The molecular formula is C15H19N3O3. The van der Waals surface area contributed by atoms with Crippen LogP contribution in [0.1, 0.15) is 19.8 Å². The van der Waals surface area contributed by atoms with E-state index in [0.717, 1.165) is 30.5 Å². The maximum atomic E-state index is 11.0. The lowest BCUT2D eigenvalue weighted by atomic mass is 10.1. The number of aromatic nitrogens is 1. The minimum absolute atomic E-state index is 0.0721. The summed E-state index contributed by atoms with van der Waals surface area (Å²) < 4.78 is 5.49. The molecule has 0 aliphatic heterocycles. The zero-order chi connectivity index (χ0) is 15.1. The number of nitro benzene ring substituents is 1. The number of unbranched alkanes of at least 4 members (excludes halogenated alkanes) is 1. The predicted octanol–water partition coefficient (Wildman–Crippen LogP) is 3.37. The number of benzene rings is 1. The molecule has 0 amide bonds. The number of hydrogen-bond acceptors (Lipinski definition) is 5. The number of nitrogens with zero attached hydrogens (tertiary/aromatic N) is 2. The molecule has 1 aromatic heterocycles. The van der Waals surface area contributed by atoms with Crippen molar-refractivity contribution in [3.8, 4) is 0 Å². The van der Waals surface area contributed by atoms with Gasteiger partial charge in [0.05, 0.1) is 16.9 Å². The number of non-ortho nitro benzene ring substituents is 1. The van der Waals surface area contributed by atoms with Crippen LogP contribution in [0.4, 0.5) is 11.4 Å². The van der Waals surface area contributed by atoms with Crippen molar-refractivity contribution in [1.82, 2.24) is 4.98 Å². The van der Waals surface area contributed by atoms with Gasteiger partial charge in [-0.15, -0.1) is 0 Å². The summed E-state index contributed by atoms with van der Waals surface area (Å²) in [6, 6.07) is 5.01. The van der Waals surface area contributed by atoms with Crippen molar-refractivity contribution in [3.63, 3.8) is 0 Å². The first-order valence-corrected chi connectivity index (χ1v) is 7.06. The highest BCUT2D eigenvalue weighted by atomic mass is 16.6. The lowest BCUT2D eigenvalue weighted by Gasteiger charge is -2.10. The second-order valence-corrected chi connectivity index (χ2v) is 4.70. The summed E-state index contributed by atoms with van der Waals surface area (Å²) in [6.07, 6.45) is 5.34. The van der Waals surface area contributed by atoms with E-state index in [9.17, 15) is 10.1 Å². The highest BCUT2D eigenvalue weighted by molar-refractivity contribution is 5.99. The molecule has 0 bridgehead atoms. The van der Waals surface area contributed by atoms with Crippen LogP contribution in [-0.2, 0) is 4.74 Å². The van der Waals surface area contributed by atoms with Crippen LogP contribution in [-0.4, -0.2) is 29.7 Å². The lowest BCUT2D eigenvalue weighted by Crippen LogP contribution is -2.10. The molecule has 112 valence electrons. The van der Waals surface area contributed by atoms with Crippen molar-refractivity contribution in [1.29, 1.82) is 0 Å². The standard InChI is InChI=1S/C15H19N3O3/c1-2-3-9-21-10-8-17-14-4-5-15(18(19)20)13-11-16-7-6-12(13)14/h4-7,11,17H,2-3,8-10H2,1H3. The van der Waals surface area contributed by atoms with Gasteiger partial charge in [0.25, 0.3) is 5.69 Å². The van der Waals surface area contributed by atoms with Gasteiger partial charge in [-0.3, -0.25) is 15.1 Å². The average Bonchev–Trinajstić information content (AvgIpc) is 2.50. The van der Waals surface area contributed by atoms with Gasteiger partial charge in [0.1, 0.15) is 0 Å². The Labute approximate surface area is 123 Å². The van der Waals surface area contributed by atoms with Gasteiger partial charge in [-0.25, -0.2) is 0 Å². The van der Waals surface area contributed by atoms with Crippen LogP contribution in [0.25, 0.3) is 10.8 Å². The van der Waals surface area contributed by atoms with E-state index >= 15 is 0 Å². The Kier molecular flexibility index (Phi) is 5.45. The van der Waals surface area contributed by atoms with Crippen molar-refractivity contribution in [2.75, 3.05) is 25.1 Å². The molecule has 0 spiro atoms. The third kappa shape index (κ3) is 3.88. The summed E-state index contributed by atoms with van der Waals surface area (Å²) in [5, 5.41) is 15.6. The number of fused-ring (bicyclic) bond motifs is 1. The topological polar surface area (TPSA) is 77.3 Å². The fourth-order valence-electron chi connectivity index (χ4n) is 2.09. The molecule has 2 rings (SSSR count). The first kappa shape index (κ1) is 15.2. The van der Waals surface area contributed by atoms with Gasteiger partial charge < -0.3 is 10.1 Å². The molecule has 6 heteroatoms. The molecule has 1 heterocycles. The quantitative estimate of drug-likeness (QED) is 0.458. The summed E-state index contributed by atoms with van der Waals surface area (Å²) in [4.78, 5) is 14.6. The Hall–Kier alpha value is -2.21. The van der Waals surface area contributed by atoms with Gasteiger partial charge in [0.2, 0.25) is 0 Å². The molecule has 0 saturated carbocycles. The van der Waals surface area contributed by atoms with E-state index in [-0.39, 0.29) is 10.6 Å². The maximum Gasteiger partial charge on any atom is 0.278 e. The van der Waals surface area contributed by atoms with Crippen LogP contribution in [0.15, 0.2) is 30.6 Å². The minimum atomic E-state index is -0.387. The molecule has 0 unspecified atom stereocenters. The van der Waals surface area contributed by atoms with Gasteiger partial charge in [-0.2, -0.15) is 0 Å². The van der Waals surface area contributed by atoms with Crippen molar-refractivity contribution in [2.45, 2.75) is 19.8 Å². The molecule has 6 nitrogen and oxygen atoms in total. The monoisotopic (exact) mass is 289 g/mol. The van der Waals surface area contributed by atoms with Gasteiger partial charge in [0, 0.05) is 42.7 Å². The second kappa shape index (κ2) is 7.54. The number of rotatable bonds is 8. The fourth-order valence-corrected chi connectivity index (χ4v) is 2.09. The number of pyridine rings is 1. The van der Waals surface area contributed by atoms with Gasteiger partial charge >= 0.3 is 0 Å². The number of nitro groups is 1. The van der Waals surface area contributed by atoms with Crippen LogP contribution in [0.5, 0.6) is 0 Å². The molecule has 1 N–H and O–H groups in total. The number of nitrogens with one attached hydrogen (secondary N) is 1. The van der Waals surface area contributed by atoms with E-state index in [2.05, 4.69) is 17.2 Å². The predicted molar refractivity (Wildman–Crippen MR) is 82.6 cm³/mol. The fraction of sp³-hybridized carbons (Fsp3) is 0.400. The van der Waals surface area contributed by atoms with E-state index in [1.54, 1.807) is 18.3 Å². The van der Waals surface area contributed by atoms with E-state index in [1.807, 2.05) is 0 Å². The van der Waals surface area contributed by atoms with Crippen molar-refractivity contribution >= 4 is 22.1 Å². The highest BCUT2D eigenvalue weighted by Crippen LogP contribution is 2.30. The summed E-state index contributed by atoms with van der Waals surface area (Å²) in [7, 11) is 0. The van der Waals surface area contributed by atoms with E-state index in [1.165, 1.54) is 12.3 Å². The van der Waals surface area contributed by atoms with E-state index in [4.69, 9.17) is 4.74 Å². The summed E-state index contributed by atoms with van der Waals surface area (Å²) in [5.41, 5.74) is 0.930. The van der Waals surface area contributed by atoms with Gasteiger partial charge in [0.15, 0.2) is 0 Å². The Morgan fingerprint density at radius 1 is 1.29 bits per heavy atom. The smallest absolute Gasteiger partial charge is 0.278 e. The van der Waals surface area contributed by atoms with Gasteiger partial charge in [-0.05, 0) is 18.6 Å². The second-order valence-electron chi connectivity index (χ2n) is 4.70. The SMILES string of the molecule is CCCCOCCNc1ccc([N+](=O)[O-])c2cnccc12.